The predicted molar refractivity (Wildman–Crippen MR) is 156 cm³/mol. The summed E-state index contributed by atoms with van der Waals surface area (Å²) >= 11 is 0. The van der Waals surface area contributed by atoms with Crippen LogP contribution in [0.1, 0.15) is 85.1 Å². The van der Waals surface area contributed by atoms with Crippen molar-refractivity contribution < 1.29 is 18.7 Å². The molecule has 3 fully saturated rings. The molecule has 0 aromatic heterocycles. The first-order valence-corrected chi connectivity index (χ1v) is 17.8. The highest BCUT2D eigenvalue weighted by molar-refractivity contribution is 6.74. The van der Waals surface area contributed by atoms with Crippen molar-refractivity contribution in [1.82, 2.24) is 0 Å². The first-order chi connectivity index (χ1) is 17.8. The normalized spacial score (nSPS) is 37.2. The van der Waals surface area contributed by atoms with Gasteiger partial charge in [0.2, 0.25) is 0 Å². The SMILES string of the molecule is COc1ccc(COC2CC(=O)[C@@]3(C)CCC4C(CC=C5C[C@@H](O[Si](C)(C)C(C)(C)C)CC[C@@]54C)C23)cc1. The van der Waals surface area contributed by atoms with Gasteiger partial charge in [-0.1, -0.05) is 58.4 Å². The minimum absolute atomic E-state index is 0.0132. The highest BCUT2D eigenvalue weighted by Gasteiger charge is 2.62. The molecule has 4 nitrogen and oxygen atoms in total. The fraction of sp³-hybridized carbons (Fsp3) is 0.727. The van der Waals surface area contributed by atoms with Gasteiger partial charge in [-0.05, 0) is 91.6 Å². The highest BCUT2D eigenvalue weighted by atomic mass is 28.4. The van der Waals surface area contributed by atoms with E-state index < -0.39 is 8.32 Å². The maximum Gasteiger partial charge on any atom is 0.192 e. The Labute approximate surface area is 232 Å². The molecule has 3 saturated carbocycles. The van der Waals surface area contributed by atoms with Crippen LogP contribution in [0.2, 0.25) is 18.1 Å². The van der Waals surface area contributed by atoms with Gasteiger partial charge in [-0.2, -0.15) is 0 Å². The Bertz CT molecular complexity index is 1070. The van der Waals surface area contributed by atoms with Crippen LogP contribution in [0.4, 0.5) is 0 Å². The van der Waals surface area contributed by atoms with Crippen LogP contribution < -0.4 is 4.74 Å². The maximum atomic E-state index is 13.4. The number of benzene rings is 1. The molecule has 7 atom stereocenters. The minimum Gasteiger partial charge on any atom is -0.497 e. The Morgan fingerprint density at radius 1 is 1.00 bits per heavy atom. The number of allylic oxidation sites excluding steroid dienone is 1. The van der Waals surface area contributed by atoms with Gasteiger partial charge in [0, 0.05) is 23.9 Å². The molecule has 0 heterocycles. The molecule has 4 unspecified atom stereocenters. The first kappa shape index (κ1) is 28.1. The Morgan fingerprint density at radius 3 is 2.34 bits per heavy atom. The third-order valence-electron chi connectivity index (χ3n) is 11.6. The molecule has 38 heavy (non-hydrogen) atoms. The largest absolute Gasteiger partial charge is 0.497 e. The summed E-state index contributed by atoms with van der Waals surface area (Å²) in [6.45, 7) is 17.1. The second kappa shape index (κ2) is 9.89. The van der Waals surface area contributed by atoms with E-state index in [9.17, 15) is 4.79 Å². The number of fused-ring (bicyclic) bond motifs is 5. The van der Waals surface area contributed by atoms with Crippen LogP contribution in [0.25, 0.3) is 0 Å². The van der Waals surface area contributed by atoms with E-state index in [1.807, 2.05) is 12.1 Å². The number of Topliss-reactive ketones (excluding diaryl/α,β-unsaturated/α-hetero) is 1. The third-order valence-corrected chi connectivity index (χ3v) is 16.2. The molecule has 4 aliphatic rings. The van der Waals surface area contributed by atoms with E-state index in [4.69, 9.17) is 13.9 Å². The summed E-state index contributed by atoms with van der Waals surface area (Å²) in [4.78, 5) is 13.4. The summed E-state index contributed by atoms with van der Waals surface area (Å²) < 4.78 is 18.8. The summed E-state index contributed by atoms with van der Waals surface area (Å²) in [7, 11) is -0.0941. The van der Waals surface area contributed by atoms with Gasteiger partial charge in [0.15, 0.2) is 8.32 Å². The van der Waals surface area contributed by atoms with Gasteiger partial charge < -0.3 is 13.9 Å². The molecule has 210 valence electrons. The third kappa shape index (κ3) is 4.75. The lowest BCUT2D eigenvalue weighted by molar-refractivity contribution is -0.134. The lowest BCUT2D eigenvalue weighted by atomic mass is 9.48. The van der Waals surface area contributed by atoms with Crippen molar-refractivity contribution in [3.63, 3.8) is 0 Å². The highest BCUT2D eigenvalue weighted by Crippen LogP contribution is 2.64. The van der Waals surface area contributed by atoms with E-state index in [0.717, 1.165) is 43.4 Å². The van der Waals surface area contributed by atoms with Gasteiger partial charge in [-0.25, -0.2) is 0 Å². The summed E-state index contributed by atoms with van der Waals surface area (Å²) in [5.74, 6) is 2.74. The van der Waals surface area contributed by atoms with Gasteiger partial charge in [0.25, 0.3) is 0 Å². The predicted octanol–water partition coefficient (Wildman–Crippen LogP) is 8.11. The quantitative estimate of drug-likeness (QED) is 0.271. The van der Waals surface area contributed by atoms with Crippen molar-refractivity contribution in [2.24, 2.45) is 28.6 Å². The zero-order valence-electron chi connectivity index (χ0n) is 25.1. The van der Waals surface area contributed by atoms with E-state index in [1.54, 1.807) is 12.7 Å². The molecule has 0 radical (unpaired) electrons. The molecule has 5 heteroatoms. The average Bonchev–Trinajstić information content (AvgIpc) is 3.12. The molecule has 5 rings (SSSR count). The average molecular weight is 539 g/mol. The van der Waals surface area contributed by atoms with Crippen LogP contribution in [0.15, 0.2) is 35.9 Å². The van der Waals surface area contributed by atoms with E-state index in [1.165, 1.54) is 6.42 Å². The molecule has 0 aliphatic heterocycles. The number of carbonyl (C=O) groups excluding carboxylic acids is 1. The molecule has 1 aromatic rings. The van der Waals surface area contributed by atoms with Gasteiger partial charge in [-0.15, -0.1) is 0 Å². The smallest absolute Gasteiger partial charge is 0.192 e. The van der Waals surface area contributed by atoms with Crippen LogP contribution in [-0.2, 0) is 20.6 Å². The maximum absolute atomic E-state index is 13.4. The Kier molecular flexibility index (Phi) is 7.31. The Morgan fingerprint density at radius 2 is 1.68 bits per heavy atom. The summed E-state index contributed by atoms with van der Waals surface area (Å²) in [6, 6.07) is 8.11. The number of methoxy groups -OCH3 is 1. The zero-order valence-corrected chi connectivity index (χ0v) is 26.1. The van der Waals surface area contributed by atoms with E-state index in [2.05, 4.69) is 65.9 Å². The van der Waals surface area contributed by atoms with Crippen LogP contribution >= 0.6 is 0 Å². The zero-order chi connectivity index (χ0) is 27.5. The second-order valence-electron chi connectivity index (χ2n) is 14.7. The monoisotopic (exact) mass is 538 g/mol. The molecule has 1 aromatic carbocycles. The van der Waals surface area contributed by atoms with Crippen LogP contribution in [-0.4, -0.2) is 33.4 Å². The van der Waals surface area contributed by atoms with Gasteiger partial charge in [0.1, 0.15) is 11.5 Å². The lowest BCUT2D eigenvalue weighted by Gasteiger charge is -2.58. The first-order valence-electron chi connectivity index (χ1n) is 14.9. The number of hydrogen-bond donors (Lipinski definition) is 0. The fourth-order valence-electron chi connectivity index (χ4n) is 8.22. The lowest BCUT2D eigenvalue weighted by Crippen LogP contribution is -2.53. The van der Waals surface area contributed by atoms with Crippen molar-refractivity contribution in [2.45, 2.75) is 117 Å². The summed E-state index contributed by atoms with van der Waals surface area (Å²) in [6.07, 6.45) is 10.2. The Balaban J connectivity index is 1.34. The number of ketones is 1. The van der Waals surface area contributed by atoms with Crippen LogP contribution in [0.5, 0.6) is 5.75 Å². The molecular formula is C33H50O4Si. The molecule has 4 aliphatic carbocycles. The number of rotatable bonds is 6. The summed E-state index contributed by atoms with van der Waals surface area (Å²) in [5, 5.41) is 0.240. The van der Waals surface area contributed by atoms with Gasteiger partial charge in [-0.3, -0.25) is 4.79 Å². The number of hydrogen-bond acceptors (Lipinski definition) is 4. The molecular weight excluding hydrogens is 488 g/mol. The van der Waals surface area contributed by atoms with Gasteiger partial charge >= 0.3 is 0 Å². The van der Waals surface area contributed by atoms with E-state index >= 15 is 0 Å². The van der Waals surface area contributed by atoms with Crippen molar-refractivity contribution in [3.05, 3.63) is 41.5 Å². The van der Waals surface area contributed by atoms with E-state index in [-0.39, 0.29) is 22.0 Å². The van der Waals surface area contributed by atoms with Crippen molar-refractivity contribution in [3.8, 4) is 5.75 Å². The second-order valence-corrected chi connectivity index (χ2v) is 19.5. The topological polar surface area (TPSA) is 44.8 Å². The molecule has 0 bridgehead atoms. The molecule has 0 saturated heterocycles. The number of ether oxygens (including phenoxy) is 2. The summed E-state index contributed by atoms with van der Waals surface area (Å²) in [5.41, 5.74) is 2.76. The fourth-order valence-corrected chi connectivity index (χ4v) is 9.60. The minimum atomic E-state index is -1.78. The standard InChI is InChI=1S/C33H50O4Si/c1-31(2,3)38(7,8)37-25-15-17-32(4)23(19-25)11-14-26-27(32)16-18-33(5)29(34)20-28(30(26)33)36-21-22-9-12-24(35-6)13-10-22/h9-13,25-28,30H,14-21H2,1-8H3/t25-,26?,27?,28?,30?,32-,33+/m0/s1. The van der Waals surface area contributed by atoms with E-state index in [0.29, 0.717) is 42.7 Å². The number of carbonyl (C=O) groups is 1. The van der Waals surface area contributed by atoms with Crippen molar-refractivity contribution in [2.75, 3.05) is 7.11 Å². The van der Waals surface area contributed by atoms with Crippen LogP contribution in [0, 0.1) is 28.6 Å². The molecule has 0 N–H and O–H groups in total. The van der Waals surface area contributed by atoms with Crippen molar-refractivity contribution in [1.29, 1.82) is 0 Å². The van der Waals surface area contributed by atoms with Crippen LogP contribution in [0.3, 0.4) is 0 Å². The molecule has 0 amide bonds. The Hall–Kier alpha value is -1.43. The van der Waals surface area contributed by atoms with Gasteiger partial charge in [0.05, 0.1) is 19.8 Å². The molecule has 0 spiro atoms. The van der Waals surface area contributed by atoms with Crippen molar-refractivity contribution >= 4 is 14.1 Å².